The summed E-state index contributed by atoms with van der Waals surface area (Å²) in [6.07, 6.45) is 4.73. The second-order valence-corrected chi connectivity index (χ2v) is 3.22. The van der Waals surface area contributed by atoms with E-state index in [-0.39, 0.29) is 24.8 Å². The van der Waals surface area contributed by atoms with Crippen molar-refractivity contribution in [3.63, 3.8) is 0 Å². The van der Waals surface area contributed by atoms with Crippen LogP contribution in [0.1, 0.15) is 26.7 Å². The third-order valence-corrected chi connectivity index (χ3v) is 2.95. The van der Waals surface area contributed by atoms with Crippen LogP contribution in [0.2, 0.25) is 0 Å². The van der Waals surface area contributed by atoms with Gasteiger partial charge in [-0.25, -0.2) is 0 Å². The molecule has 0 saturated carbocycles. The third-order valence-electron chi connectivity index (χ3n) is 1.78. The molecule has 0 unspecified atom stereocenters. The molecule has 0 fully saturated rings. The van der Waals surface area contributed by atoms with Gasteiger partial charge in [-0.2, -0.15) is 0 Å². The third kappa shape index (κ3) is 3.33. The summed E-state index contributed by atoms with van der Waals surface area (Å²) in [5.74, 6) is 0. The normalized spacial score (nSPS) is 15.5. The summed E-state index contributed by atoms with van der Waals surface area (Å²) in [4.78, 5) is 0. The van der Waals surface area contributed by atoms with E-state index >= 15 is 0 Å². The first-order valence-corrected chi connectivity index (χ1v) is 4.14. The minimum atomic E-state index is 0. The molecule has 0 aliphatic heterocycles. The summed E-state index contributed by atoms with van der Waals surface area (Å²) in [5.41, 5.74) is 3.10. The van der Waals surface area contributed by atoms with Gasteiger partial charge in [0.25, 0.3) is 0 Å². The molecule has 0 amide bonds. The predicted molar refractivity (Wildman–Crippen MR) is 35.7 cm³/mol. The molecular weight excluding hydrogens is 215 g/mol. The summed E-state index contributed by atoms with van der Waals surface area (Å²) in [5, 5.41) is 0. The van der Waals surface area contributed by atoms with Crippen molar-refractivity contribution in [3.8, 4) is 0 Å². The van der Waals surface area contributed by atoms with Crippen LogP contribution in [-0.4, -0.2) is 0 Å². The molecule has 0 aromatic carbocycles. The summed E-state index contributed by atoms with van der Waals surface area (Å²) >= 11 is 2.22. The smallest absolute Gasteiger partial charge is 1.00 e. The molecule has 1 aliphatic carbocycles. The number of rotatable bonds is 1. The van der Waals surface area contributed by atoms with Gasteiger partial charge in [0.05, 0.1) is 0 Å². The van der Waals surface area contributed by atoms with Gasteiger partial charge in [-0.15, -0.1) is 0 Å². The summed E-state index contributed by atoms with van der Waals surface area (Å²) in [6.45, 7) is 4.43. The van der Waals surface area contributed by atoms with Crippen LogP contribution < -0.4 is 24.8 Å². The summed E-state index contributed by atoms with van der Waals surface area (Å²) < 4.78 is 1.53. The van der Waals surface area contributed by atoms with Crippen molar-refractivity contribution in [2.45, 2.75) is 26.7 Å². The average molecular weight is 226 g/mol. The molecule has 1 rings (SSSR count). The van der Waals surface area contributed by atoms with Crippen LogP contribution in [0.4, 0.5) is 0 Å². The average Bonchev–Trinajstić information content (AvgIpc) is 2.15. The quantitative estimate of drug-likeness (QED) is 0.408. The van der Waals surface area contributed by atoms with Crippen LogP contribution in [-0.2, 0) is 20.4 Å². The first-order valence-electron chi connectivity index (χ1n) is 3.36. The molecule has 0 saturated heterocycles. The minimum absolute atomic E-state index is 0. The van der Waals surface area contributed by atoms with Gasteiger partial charge in [0.2, 0.25) is 0 Å². The number of allylic oxidation sites excluding steroid dienone is 4. The SMILES string of the molecule is CCC1=CCC(C)=[C]1[Ti+2].[Cl-].[Cl-]. The Hall–Kier alpha value is 0.774. The topological polar surface area (TPSA) is 0 Å². The van der Waals surface area contributed by atoms with Crippen molar-refractivity contribution in [1.29, 1.82) is 0 Å². The van der Waals surface area contributed by atoms with Gasteiger partial charge in [0.1, 0.15) is 0 Å². The monoisotopic (exact) mass is 225 g/mol. The second kappa shape index (κ2) is 6.31. The van der Waals surface area contributed by atoms with E-state index in [9.17, 15) is 0 Å². The van der Waals surface area contributed by atoms with Crippen molar-refractivity contribution in [1.82, 2.24) is 0 Å². The van der Waals surface area contributed by atoms with Gasteiger partial charge in [-0.1, -0.05) is 0 Å². The second-order valence-electron chi connectivity index (χ2n) is 2.44. The Morgan fingerprint density at radius 3 is 2.18 bits per heavy atom. The molecule has 0 heterocycles. The fourth-order valence-electron chi connectivity index (χ4n) is 1.08. The minimum Gasteiger partial charge on any atom is -1.00 e. The zero-order valence-corrected chi connectivity index (χ0v) is 9.82. The van der Waals surface area contributed by atoms with E-state index in [1.165, 1.54) is 16.7 Å². The standard InChI is InChI=1S/C8H11.2ClH.Ti/c1-3-8-5-4-7(2)6-8;;;/h5H,3-4H2,1-2H3;2*1H;/q;;;+2/p-2. The van der Waals surface area contributed by atoms with E-state index in [1.54, 1.807) is 11.1 Å². The molecule has 3 heteroatoms. The Morgan fingerprint density at radius 1 is 1.45 bits per heavy atom. The van der Waals surface area contributed by atoms with E-state index in [1.807, 2.05) is 0 Å². The molecule has 0 N–H and O–H groups in total. The van der Waals surface area contributed by atoms with Gasteiger partial charge >= 0.3 is 68.2 Å². The predicted octanol–water partition coefficient (Wildman–Crippen LogP) is -3.44. The molecule has 1 aliphatic rings. The van der Waals surface area contributed by atoms with Crippen molar-refractivity contribution in [2.24, 2.45) is 0 Å². The Bertz CT molecular complexity index is 183. The molecule has 11 heavy (non-hydrogen) atoms. The summed E-state index contributed by atoms with van der Waals surface area (Å²) in [7, 11) is 0. The van der Waals surface area contributed by atoms with Gasteiger partial charge in [0, 0.05) is 0 Å². The Labute approximate surface area is 92.7 Å². The molecular formula is C8H11Cl2Ti. The van der Waals surface area contributed by atoms with Gasteiger partial charge < -0.3 is 24.8 Å². The maximum absolute atomic E-state index is 2.34. The van der Waals surface area contributed by atoms with Crippen molar-refractivity contribution >= 4 is 0 Å². The van der Waals surface area contributed by atoms with Crippen molar-refractivity contribution in [2.75, 3.05) is 0 Å². The van der Waals surface area contributed by atoms with Gasteiger partial charge in [-0.3, -0.25) is 0 Å². The molecule has 0 atom stereocenters. The largest absolute Gasteiger partial charge is 1.00 e. The van der Waals surface area contributed by atoms with Gasteiger partial charge in [0.15, 0.2) is 0 Å². The maximum atomic E-state index is 2.34. The van der Waals surface area contributed by atoms with Crippen LogP contribution in [0.3, 0.4) is 0 Å². The van der Waals surface area contributed by atoms with E-state index < -0.39 is 0 Å². The van der Waals surface area contributed by atoms with Crippen LogP contribution in [0, 0.1) is 0 Å². The Morgan fingerprint density at radius 2 is 2.00 bits per heavy atom. The van der Waals surface area contributed by atoms with E-state index in [4.69, 9.17) is 0 Å². The molecule has 61 valence electrons. The van der Waals surface area contributed by atoms with Crippen LogP contribution in [0.25, 0.3) is 0 Å². The zero-order chi connectivity index (χ0) is 6.85. The Balaban J connectivity index is 0. The van der Waals surface area contributed by atoms with Crippen LogP contribution in [0.5, 0.6) is 0 Å². The fourth-order valence-corrected chi connectivity index (χ4v) is 1.67. The molecule has 0 spiro atoms. The molecule has 0 radical (unpaired) electrons. The zero-order valence-electron chi connectivity index (χ0n) is 6.75. The van der Waals surface area contributed by atoms with E-state index in [2.05, 4.69) is 40.4 Å². The molecule has 0 aromatic heterocycles. The first kappa shape index (κ1) is 14.3. The van der Waals surface area contributed by atoms with Crippen LogP contribution in [0.15, 0.2) is 21.1 Å². The Kier molecular flexibility index (Phi) is 8.20. The fraction of sp³-hybridized carbons (Fsp3) is 0.500. The molecule has 0 bridgehead atoms. The molecule has 0 aromatic rings. The van der Waals surface area contributed by atoms with E-state index in [0.717, 1.165) is 0 Å². The van der Waals surface area contributed by atoms with Crippen molar-refractivity contribution in [3.05, 3.63) is 21.1 Å². The van der Waals surface area contributed by atoms with E-state index in [0.29, 0.717) is 0 Å². The first-order chi connectivity index (χ1) is 4.25. The summed E-state index contributed by atoms with van der Waals surface area (Å²) in [6, 6.07) is 0. The number of halogens is 2. The van der Waals surface area contributed by atoms with Crippen molar-refractivity contribution < 1.29 is 45.2 Å². The molecule has 0 nitrogen and oxygen atoms in total. The number of hydrogen-bond acceptors (Lipinski definition) is 0. The number of hydrogen-bond donors (Lipinski definition) is 0. The maximum Gasteiger partial charge on any atom is -1.00 e. The van der Waals surface area contributed by atoms with Gasteiger partial charge in [-0.05, 0) is 0 Å². The van der Waals surface area contributed by atoms with Crippen LogP contribution >= 0.6 is 0 Å².